The third kappa shape index (κ3) is 2.63. The fourth-order valence-corrected chi connectivity index (χ4v) is 2.03. The van der Waals surface area contributed by atoms with Gasteiger partial charge in [0.2, 0.25) is 5.89 Å². The van der Waals surface area contributed by atoms with Gasteiger partial charge in [0.15, 0.2) is 11.2 Å². The molecule has 4 heteroatoms. The molecule has 0 spiro atoms. The quantitative estimate of drug-likeness (QED) is 0.776. The van der Waals surface area contributed by atoms with Crippen LogP contribution in [0.3, 0.4) is 0 Å². The molecule has 0 radical (unpaired) electrons. The Hall–Kier alpha value is -2.20. The molecule has 0 aliphatic heterocycles. The lowest BCUT2D eigenvalue weighted by molar-refractivity contribution is 0.511. The minimum absolute atomic E-state index is 0.615. The third-order valence-electron chi connectivity index (χ3n) is 2.91. The normalized spacial score (nSPS) is 11.0. The molecule has 0 bridgehead atoms. The second-order valence-corrected chi connectivity index (χ2v) is 4.42. The van der Waals surface area contributed by atoms with Crippen LogP contribution in [0.25, 0.3) is 11.2 Å². The summed E-state index contributed by atoms with van der Waals surface area (Å²) in [6, 6.07) is 14.2. The minimum Gasteiger partial charge on any atom is -0.438 e. The van der Waals surface area contributed by atoms with Gasteiger partial charge in [0.1, 0.15) is 0 Å². The number of fused-ring (bicyclic) bond motifs is 1. The SMILES string of the molecule is CNCc1nc2nc(Cc3ccccc3)ccc2o1. The Labute approximate surface area is 111 Å². The fraction of sp³-hybridized carbons (Fsp3) is 0.200. The van der Waals surface area contributed by atoms with Crippen LogP contribution in [0, 0.1) is 0 Å². The number of aromatic nitrogens is 2. The van der Waals surface area contributed by atoms with Gasteiger partial charge in [-0.25, -0.2) is 4.98 Å². The molecule has 3 rings (SSSR count). The highest BCUT2D eigenvalue weighted by atomic mass is 16.3. The van der Waals surface area contributed by atoms with Gasteiger partial charge < -0.3 is 9.73 Å². The second kappa shape index (κ2) is 5.20. The third-order valence-corrected chi connectivity index (χ3v) is 2.91. The average Bonchev–Trinajstić information content (AvgIpc) is 2.82. The highest BCUT2D eigenvalue weighted by Crippen LogP contribution is 2.15. The van der Waals surface area contributed by atoms with Crippen LogP contribution in [0.2, 0.25) is 0 Å². The van der Waals surface area contributed by atoms with Gasteiger partial charge in [-0.3, -0.25) is 0 Å². The van der Waals surface area contributed by atoms with Gasteiger partial charge in [-0.05, 0) is 24.7 Å². The first kappa shape index (κ1) is 11.9. The van der Waals surface area contributed by atoms with Crippen molar-refractivity contribution in [3.8, 4) is 0 Å². The number of rotatable bonds is 4. The maximum atomic E-state index is 5.58. The van der Waals surface area contributed by atoms with Crippen LogP contribution in [0.1, 0.15) is 17.1 Å². The van der Waals surface area contributed by atoms with Crippen LogP contribution >= 0.6 is 0 Å². The Bertz CT molecular complexity index is 676. The van der Waals surface area contributed by atoms with Gasteiger partial charge in [-0.15, -0.1) is 0 Å². The molecule has 0 fully saturated rings. The maximum absolute atomic E-state index is 5.58. The van der Waals surface area contributed by atoms with Crippen molar-refractivity contribution in [2.24, 2.45) is 0 Å². The molecule has 0 aliphatic rings. The molecule has 0 atom stereocenters. The molecule has 1 aromatic carbocycles. The van der Waals surface area contributed by atoms with Crippen LogP contribution in [0.15, 0.2) is 46.9 Å². The second-order valence-electron chi connectivity index (χ2n) is 4.42. The van der Waals surface area contributed by atoms with Crippen LogP contribution in [0.4, 0.5) is 0 Å². The molecule has 19 heavy (non-hydrogen) atoms. The number of hydrogen-bond acceptors (Lipinski definition) is 4. The monoisotopic (exact) mass is 253 g/mol. The number of hydrogen-bond donors (Lipinski definition) is 1. The van der Waals surface area contributed by atoms with E-state index in [9.17, 15) is 0 Å². The first-order valence-electron chi connectivity index (χ1n) is 6.29. The van der Waals surface area contributed by atoms with E-state index in [2.05, 4.69) is 27.4 Å². The predicted octanol–water partition coefficient (Wildman–Crippen LogP) is 2.53. The number of oxazole rings is 1. The molecule has 2 heterocycles. The van der Waals surface area contributed by atoms with Gasteiger partial charge in [0.05, 0.1) is 6.54 Å². The van der Waals surface area contributed by atoms with E-state index in [1.54, 1.807) is 0 Å². The standard InChI is InChI=1S/C15H15N3O/c1-16-10-14-18-15-13(19-14)8-7-12(17-15)9-11-5-3-2-4-6-11/h2-8,16H,9-10H2,1H3. The van der Waals surface area contributed by atoms with E-state index in [0.717, 1.165) is 17.7 Å². The van der Waals surface area contributed by atoms with Crippen molar-refractivity contribution in [3.05, 3.63) is 59.6 Å². The zero-order valence-electron chi connectivity index (χ0n) is 10.8. The van der Waals surface area contributed by atoms with Crippen LogP contribution in [0.5, 0.6) is 0 Å². The van der Waals surface area contributed by atoms with E-state index in [1.807, 2.05) is 37.4 Å². The highest BCUT2D eigenvalue weighted by Gasteiger charge is 2.07. The van der Waals surface area contributed by atoms with E-state index < -0.39 is 0 Å². The molecular weight excluding hydrogens is 238 g/mol. The molecule has 0 aliphatic carbocycles. The molecule has 3 aromatic rings. The number of nitrogens with one attached hydrogen (secondary N) is 1. The Balaban J connectivity index is 1.88. The number of benzene rings is 1. The topological polar surface area (TPSA) is 51.0 Å². The van der Waals surface area contributed by atoms with Crippen LogP contribution in [-0.2, 0) is 13.0 Å². The largest absolute Gasteiger partial charge is 0.438 e. The van der Waals surface area contributed by atoms with Crippen LogP contribution < -0.4 is 5.32 Å². The first-order chi connectivity index (χ1) is 9.35. The summed E-state index contributed by atoms with van der Waals surface area (Å²) in [6.45, 7) is 0.615. The fourth-order valence-electron chi connectivity index (χ4n) is 2.03. The molecule has 0 saturated carbocycles. The van der Waals surface area contributed by atoms with Gasteiger partial charge in [-0.1, -0.05) is 30.3 Å². The van der Waals surface area contributed by atoms with E-state index in [-0.39, 0.29) is 0 Å². The molecule has 96 valence electrons. The van der Waals surface area contributed by atoms with E-state index in [0.29, 0.717) is 18.1 Å². The minimum atomic E-state index is 0.615. The van der Waals surface area contributed by atoms with Crippen molar-refractivity contribution < 1.29 is 4.42 Å². The summed E-state index contributed by atoms with van der Waals surface area (Å²) in [5, 5.41) is 3.02. The van der Waals surface area contributed by atoms with Crippen LogP contribution in [-0.4, -0.2) is 17.0 Å². The summed E-state index contributed by atoms with van der Waals surface area (Å²) in [4.78, 5) is 8.91. The molecule has 0 saturated heterocycles. The summed E-state index contributed by atoms with van der Waals surface area (Å²) in [5.41, 5.74) is 3.66. The van der Waals surface area contributed by atoms with Gasteiger partial charge >= 0.3 is 0 Å². The Morgan fingerprint density at radius 2 is 1.89 bits per heavy atom. The Morgan fingerprint density at radius 3 is 2.68 bits per heavy atom. The van der Waals surface area contributed by atoms with Crippen molar-refractivity contribution in [2.45, 2.75) is 13.0 Å². The summed E-state index contributed by atoms with van der Waals surface area (Å²) in [6.07, 6.45) is 0.811. The van der Waals surface area contributed by atoms with Crippen molar-refractivity contribution in [1.82, 2.24) is 15.3 Å². The maximum Gasteiger partial charge on any atom is 0.211 e. The molecular formula is C15H15N3O. The average molecular weight is 253 g/mol. The zero-order valence-corrected chi connectivity index (χ0v) is 10.8. The lowest BCUT2D eigenvalue weighted by Gasteiger charge is -1.99. The molecule has 4 nitrogen and oxygen atoms in total. The van der Waals surface area contributed by atoms with Crippen molar-refractivity contribution in [3.63, 3.8) is 0 Å². The summed E-state index contributed by atoms with van der Waals surface area (Å²) < 4.78 is 5.58. The molecule has 2 aromatic heterocycles. The summed E-state index contributed by atoms with van der Waals surface area (Å²) in [5.74, 6) is 0.668. The van der Waals surface area contributed by atoms with Crippen molar-refractivity contribution in [1.29, 1.82) is 0 Å². The van der Waals surface area contributed by atoms with E-state index >= 15 is 0 Å². The molecule has 0 amide bonds. The lowest BCUT2D eigenvalue weighted by atomic mass is 10.1. The van der Waals surface area contributed by atoms with E-state index in [4.69, 9.17) is 4.42 Å². The highest BCUT2D eigenvalue weighted by molar-refractivity contribution is 5.67. The van der Waals surface area contributed by atoms with Gasteiger partial charge in [0.25, 0.3) is 0 Å². The molecule has 1 N–H and O–H groups in total. The smallest absolute Gasteiger partial charge is 0.211 e. The number of pyridine rings is 1. The first-order valence-corrected chi connectivity index (χ1v) is 6.29. The number of nitrogens with zero attached hydrogens (tertiary/aromatic N) is 2. The van der Waals surface area contributed by atoms with Gasteiger partial charge in [0, 0.05) is 12.1 Å². The van der Waals surface area contributed by atoms with E-state index in [1.165, 1.54) is 5.56 Å². The lowest BCUT2D eigenvalue weighted by Crippen LogP contribution is -2.04. The van der Waals surface area contributed by atoms with Crippen molar-refractivity contribution >= 4 is 11.2 Å². The predicted molar refractivity (Wildman–Crippen MR) is 73.8 cm³/mol. The summed E-state index contributed by atoms with van der Waals surface area (Å²) >= 11 is 0. The van der Waals surface area contributed by atoms with Gasteiger partial charge in [-0.2, -0.15) is 4.98 Å². The zero-order chi connectivity index (χ0) is 13.1. The van der Waals surface area contributed by atoms with Crippen molar-refractivity contribution in [2.75, 3.05) is 7.05 Å². The molecule has 0 unspecified atom stereocenters. The Morgan fingerprint density at radius 1 is 1.05 bits per heavy atom. The Kier molecular flexibility index (Phi) is 3.25. The summed E-state index contributed by atoms with van der Waals surface area (Å²) in [7, 11) is 1.86.